The van der Waals surface area contributed by atoms with Gasteiger partial charge in [0.25, 0.3) is 0 Å². The van der Waals surface area contributed by atoms with Gasteiger partial charge in [-0.1, -0.05) is 23.9 Å². The highest BCUT2D eigenvalue weighted by Gasteiger charge is 2.31. The average molecular weight is 399 g/mol. The van der Waals surface area contributed by atoms with Gasteiger partial charge in [-0.25, -0.2) is 4.79 Å². The van der Waals surface area contributed by atoms with Gasteiger partial charge in [0.1, 0.15) is 0 Å². The van der Waals surface area contributed by atoms with Crippen LogP contribution >= 0.6 is 11.8 Å². The summed E-state index contributed by atoms with van der Waals surface area (Å²) in [5.74, 6) is -0.238. The van der Waals surface area contributed by atoms with Crippen LogP contribution in [-0.4, -0.2) is 33.2 Å². The first-order valence-electron chi connectivity index (χ1n) is 8.80. The van der Waals surface area contributed by atoms with Crippen molar-refractivity contribution in [1.29, 1.82) is 0 Å². The number of hydrogen-bond donors (Lipinski definition) is 1. The van der Waals surface area contributed by atoms with Crippen LogP contribution in [0.2, 0.25) is 0 Å². The topological polar surface area (TPSA) is 67.9 Å². The first-order chi connectivity index (χ1) is 12.9. The number of ether oxygens (including phenoxy) is 1. The zero-order valence-corrected chi connectivity index (χ0v) is 15.6. The molecule has 27 heavy (non-hydrogen) atoms. The number of H-pyrrole nitrogens is 1. The molecule has 1 heterocycles. The molecule has 2 aromatic rings. The second-order valence-electron chi connectivity index (χ2n) is 6.41. The third-order valence-corrected chi connectivity index (χ3v) is 5.96. The highest BCUT2D eigenvalue weighted by atomic mass is 32.2. The Bertz CT molecular complexity index is 769. The molecule has 1 aliphatic rings. The molecule has 0 amide bonds. The fourth-order valence-electron chi connectivity index (χ4n) is 3.25. The van der Waals surface area contributed by atoms with Crippen LogP contribution in [-0.2, 0) is 10.9 Å². The Balaban J connectivity index is 1.57. The van der Waals surface area contributed by atoms with E-state index in [-0.39, 0.29) is 23.5 Å². The number of hydrogen-bond acceptors (Lipinski definition) is 5. The Morgan fingerprint density at radius 3 is 2.44 bits per heavy atom. The quantitative estimate of drug-likeness (QED) is 0.730. The Morgan fingerprint density at radius 2 is 1.85 bits per heavy atom. The molecule has 0 saturated heterocycles. The number of halogens is 3. The molecule has 5 nitrogen and oxygen atoms in total. The predicted octanol–water partition coefficient (Wildman–Crippen LogP) is 4.82. The summed E-state index contributed by atoms with van der Waals surface area (Å²) < 4.78 is 43.0. The van der Waals surface area contributed by atoms with Crippen molar-refractivity contribution >= 4 is 17.7 Å². The number of nitrogens with one attached hydrogen (secondary N) is 1. The van der Waals surface area contributed by atoms with Crippen LogP contribution in [0.5, 0.6) is 0 Å². The molecule has 1 aromatic carbocycles. The molecular weight excluding hydrogens is 379 g/mol. The summed E-state index contributed by atoms with van der Waals surface area (Å²) >= 11 is 1.50. The van der Waals surface area contributed by atoms with Crippen molar-refractivity contribution in [2.45, 2.75) is 55.0 Å². The molecule has 1 fully saturated rings. The van der Waals surface area contributed by atoms with E-state index in [9.17, 15) is 18.0 Å². The lowest BCUT2D eigenvalue weighted by atomic mass is 9.83. The number of thioether (sulfide) groups is 1. The summed E-state index contributed by atoms with van der Waals surface area (Å²) in [5, 5.41) is 11.2. The molecule has 3 rings (SSSR count). The van der Waals surface area contributed by atoms with Crippen LogP contribution in [0, 0.1) is 0 Å². The van der Waals surface area contributed by atoms with Crippen LogP contribution in [0.3, 0.4) is 0 Å². The van der Waals surface area contributed by atoms with Crippen molar-refractivity contribution in [3.05, 3.63) is 41.1 Å². The summed E-state index contributed by atoms with van der Waals surface area (Å²) in [5.41, 5.74) is 0.528. The average Bonchev–Trinajstić information content (AvgIpc) is 3.10. The summed E-state index contributed by atoms with van der Waals surface area (Å²) in [4.78, 5) is 11.9. The fourth-order valence-corrected chi connectivity index (χ4v) is 4.41. The number of alkyl halides is 3. The summed E-state index contributed by atoms with van der Waals surface area (Å²) in [6.45, 7) is 2.00. The lowest BCUT2D eigenvalue weighted by Gasteiger charge is -2.28. The van der Waals surface area contributed by atoms with Crippen molar-refractivity contribution < 1.29 is 22.7 Å². The molecule has 0 radical (unpaired) electrons. The molecule has 0 bridgehead atoms. The largest absolute Gasteiger partial charge is 0.461 e. The molecule has 9 heteroatoms. The second-order valence-corrected chi connectivity index (χ2v) is 7.70. The van der Waals surface area contributed by atoms with Gasteiger partial charge in [0.2, 0.25) is 5.69 Å². The van der Waals surface area contributed by atoms with Gasteiger partial charge in [0.05, 0.1) is 12.2 Å². The molecule has 1 saturated carbocycles. The van der Waals surface area contributed by atoms with Gasteiger partial charge >= 0.3 is 12.1 Å². The Hall–Kier alpha value is -2.03. The van der Waals surface area contributed by atoms with Crippen LogP contribution in [0.15, 0.2) is 29.3 Å². The van der Waals surface area contributed by atoms with Gasteiger partial charge in [-0.05, 0) is 56.2 Å². The first kappa shape index (κ1) is 19.7. The molecule has 0 unspecified atom stereocenters. The second kappa shape index (κ2) is 8.33. The number of esters is 1. The number of benzene rings is 1. The van der Waals surface area contributed by atoms with Gasteiger partial charge in [0.15, 0.2) is 5.03 Å². The van der Waals surface area contributed by atoms with E-state index in [0.29, 0.717) is 5.03 Å². The molecular formula is C18H20F3N3O2S. The van der Waals surface area contributed by atoms with E-state index in [1.54, 1.807) is 19.1 Å². The molecule has 0 spiro atoms. The lowest BCUT2D eigenvalue weighted by Crippen LogP contribution is -2.16. The lowest BCUT2D eigenvalue weighted by molar-refractivity contribution is -0.137. The Kier molecular flexibility index (Phi) is 6.08. The summed E-state index contributed by atoms with van der Waals surface area (Å²) in [6, 6.07) is 5.46. The highest BCUT2D eigenvalue weighted by Crippen LogP contribution is 2.40. The normalized spacial score (nSPS) is 20.4. The van der Waals surface area contributed by atoms with Crippen molar-refractivity contribution in [3.8, 4) is 0 Å². The number of rotatable bonds is 5. The Morgan fingerprint density at radius 1 is 1.19 bits per heavy atom. The van der Waals surface area contributed by atoms with Gasteiger partial charge < -0.3 is 4.74 Å². The van der Waals surface area contributed by atoms with Crippen molar-refractivity contribution in [2.75, 3.05) is 6.61 Å². The van der Waals surface area contributed by atoms with Crippen molar-refractivity contribution in [1.82, 2.24) is 15.4 Å². The van der Waals surface area contributed by atoms with Crippen LogP contribution < -0.4 is 0 Å². The maximum Gasteiger partial charge on any atom is 0.416 e. The van der Waals surface area contributed by atoms with Crippen molar-refractivity contribution in [3.63, 3.8) is 0 Å². The molecule has 1 N–H and O–H groups in total. The third-order valence-electron chi connectivity index (χ3n) is 4.65. The molecule has 0 atom stereocenters. The highest BCUT2D eigenvalue weighted by molar-refractivity contribution is 7.99. The maximum atomic E-state index is 12.7. The molecule has 1 aliphatic carbocycles. The van der Waals surface area contributed by atoms with Crippen LogP contribution in [0.25, 0.3) is 0 Å². The van der Waals surface area contributed by atoms with E-state index in [1.807, 2.05) is 0 Å². The monoisotopic (exact) mass is 399 g/mol. The minimum absolute atomic E-state index is 0.201. The number of nitrogens with zero attached hydrogens (tertiary/aromatic N) is 2. The third kappa shape index (κ3) is 4.82. The van der Waals surface area contributed by atoms with E-state index >= 15 is 0 Å². The number of carbonyl (C=O) groups excluding carboxylic acids is 1. The maximum absolute atomic E-state index is 12.7. The number of carbonyl (C=O) groups is 1. The zero-order valence-electron chi connectivity index (χ0n) is 14.8. The van der Waals surface area contributed by atoms with E-state index in [1.165, 1.54) is 11.8 Å². The zero-order chi connectivity index (χ0) is 19.4. The number of aromatic amines is 1. The van der Waals surface area contributed by atoms with Crippen LogP contribution in [0.1, 0.15) is 60.1 Å². The predicted molar refractivity (Wildman–Crippen MR) is 94.6 cm³/mol. The van der Waals surface area contributed by atoms with E-state index in [2.05, 4.69) is 15.4 Å². The number of aromatic nitrogens is 3. The molecule has 146 valence electrons. The summed E-state index contributed by atoms with van der Waals surface area (Å²) in [6.07, 6.45) is -0.747. The summed E-state index contributed by atoms with van der Waals surface area (Å²) in [7, 11) is 0. The first-order valence-corrected chi connectivity index (χ1v) is 9.68. The van der Waals surface area contributed by atoms with Gasteiger partial charge in [-0.3, -0.25) is 0 Å². The fraction of sp³-hybridized carbons (Fsp3) is 0.500. The Labute approximate surface area is 159 Å². The minimum Gasteiger partial charge on any atom is -0.461 e. The van der Waals surface area contributed by atoms with Crippen molar-refractivity contribution in [2.24, 2.45) is 0 Å². The van der Waals surface area contributed by atoms with Gasteiger partial charge in [-0.15, -0.1) is 10.2 Å². The van der Waals surface area contributed by atoms with Gasteiger partial charge in [0, 0.05) is 5.25 Å². The minimum atomic E-state index is -4.30. The van der Waals surface area contributed by atoms with Crippen LogP contribution in [0.4, 0.5) is 13.2 Å². The van der Waals surface area contributed by atoms with E-state index in [0.717, 1.165) is 43.4 Å². The molecule has 1 aromatic heterocycles. The van der Waals surface area contributed by atoms with E-state index in [4.69, 9.17) is 4.74 Å². The van der Waals surface area contributed by atoms with E-state index < -0.39 is 17.7 Å². The van der Waals surface area contributed by atoms with Gasteiger partial charge in [-0.2, -0.15) is 18.4 Å². The molecule has 0 aliphatic heterocycles. The smallest absolute Gasteiger partial charge is 0.416 e. The SMILES string of the molecule is CCOC(=O)c1n[nH]nc1SC1CCC(c2ccc(C(F)(F)F)cc2)CC1. The standard InChI is InChI=1S/C18H20F3N3O2S/c1-2-26-17(25)15-16(23-24-22-15)27-14-9-5-12(6-10-14)11-3-7-13(8-4-11)18(19,20)21/h3-4,7-8,12,14H,2,5-6,9-10H2,1H3,(H,22,23,24).